The zero-order valence-corrected chi connectivity index (χ0v) is 15.0. The number of nitrogens with zero attached hydrogens (tertiary/aromatic N) is 4. The van der Waals surface area contributed by atoms with Crippen LogP contribution in [0.3, 0.4) is 0 Å². The summed E-state index contributed by atoms with van der Waals surface area (Å²) in [5, 5.41) is 8.46. The van der Waals surface area contributed by atoms with E-state index in [0.29, 0.717) is 12.5 Å². The molecule has 0 atom stereocenters. The Bertz CT molecular complexity index is 751. The van der Waals surface area contributed by atoms with Gasteiger partial charge in [0.05, 0.1) is 17.9 Å². The number of hydrogen-bond donors (Lipinski definition) is 0. The third-order valence-corrected chi connectivity index (χ3v) is 4.45. The lowest BCUT2D eigenvalue weighted by molar-refractivity contribution is 0.0832. The molecular formula is C18H26N4O2. The largest absolute Gasteiger partial charge is 0.361 e. The highest BCUT2D eigenvalue weighted by molar-refractivity contribution is 5.10. The van der Waals surface area contributed by atoms with E-state index in [2.05, 4.69) is 35.9 Å². The molecule has 0 bridgehead atoms. The van der Waals surface area contributed by atoms with Crippen LogP contribution < -0.4 is 5.56 Å². The molecule has 3 heterocycles. The molecule has 0 N–H and O–H groups in total. The standard InChI is InChI=1S/C18H26N4O2/c1-13-9-15(24-20-13)7-8-21-10-14(11-21)12-22-17(23)6-5-16(19-22)18(2,3)4/h5-6,9,14H,7-8,10-12H2,1-4H3. The van der Waals surface area contributed by atoms with Crippen LogP contribution in [0.25, 0.3) is 0 Å². The molecule has 0 radical (unpaired) electrons. The summed E-state index contributed by atoms with van der Waals surface area (Å²) in [6.07, 6.45) is 0.880. The summed E-state index contributed by atoms with van der Waals surface area (Å²) in [5.41, 5.74) is 1.82. The monoisotopic (exact) mass is 330 g/mol. The predicted molar refractivity (Wildman–Crippen MR) is 92.1 cm³/mol. The van der Waals surface area contributed by atoms with Gasteiger partial charge >= 0.3 is 0 Å². The zero-order valence-electron chi connectivity index (χ0n) is 15.0. The second kappa shape index (κ2) is 6.51. The lowest BCUT2D eigenvalue weighted by Crippen LogP contribution is -2.50. The Morgan fingerprint density at radius 2 is 2.04 bits per heavy atom. The second-order valence-corrected chi connectivity index (χ2v) is 7.80. The van der Waals surface area contributed by atoms with Crippen molar-refractivity contribution < 1.29 is 4.52 Å². The van der Waals surface area contributed by atoms with Crippen LogP contribution in [0.2, 0.25) is 0 Å². The van der Waals surface area contributed by atoms with E-state index in [1.807, 2.05) is 19.1 Å². The summed E-state index contributed by atoms with van der Waals surface area (Å²) in [5.74, 6) is 1.42. The van der Waals surface area contributed by atoms with Gasteiger partial charge in [0, 0.05) is 49.5 Å². The molecule has 2 aromatic heterocycles. The van der Waals surface area contributed by atoms with Gasteiger partial charge in [-0.25, -0.2) is 4.68 Å². The first-order valence-electron chi connectivity index (χ1n) is 8.54. The molecule has 6 nitrogen and oxygen atoms in total. The zero-order chi connectivity index (χ0) is 17.3. The van der Waals surface area contributed by atoms with E-state index in [0.717, 1.165) is 43.2 Å². The first-order chi connectivity index (χ1) is 11.3. The van der Waals surface area contributed by atoms with Gasteiger partial charge in [-0.3, -0.25) is 4.79 Å². The van der Waals surface area contributed by atoms with Gasteiger partial charge < -0.3 is 9.42 Å². The van der Waals surface area contributed by atoms with E-state index < -0.39 is 0 Å². The van der Waals surface area contributed by atoms with E-state index >= 15 is 0 Å². The lowest BCUT2D eigenvalue weighted by Gasteiger charge is -2.39. The molecule has 0 aliphatic carbocycles. The van der Waals surface area contributed by atoms with Crippen LogP contribution in [0.5, 0.6) is 0 Å². The van der Waals surface area contributed by atoms with Crippen LogP contribution in [-0.2, 0) is 18.4 Å². The molecule has 1 fully saturated rings. The predicted octanol–water partition coefficient (Wildman–Crippen LogP) is 2.01. The summed E-state index contributed by atoms with van der Waals surface area (Å²) in [7, 11) is 0. The quantitative estimate of drug-likeness (QED) is 0.839. The van der Waals surface area contributed by atoms with Crippen LogP contribution in [0.4, 0.5) is 0 Å². The Hall–Kier alpha value is -1.95. The van der Waals surface area contributed by atoms with Gasteiger partial charge in [-0.2, -0.15) is 5.10 Å². The van der Waals surface area contributed by atoms with Gasteiger partial charge in [-0.1, -0.05) is 25.9 Å². The van der Waals surface area contributed by atoms with Crippen LogP contribution in [-0.4, -0.2) is 39.5 Å². The van der Waals surface area contributed by atoms with Gasteiger partial charge in [0.2, 0.25) is 0 Å². The maximum absolute atomic E-state index is 12.0. The molecule has 0 saturated carbocycles. The molecule has 0 aromatic carbocycles. The Balaban J connectivity index is 1.51. The van der Waals surface area contributed by atoms with Crippen molar-refractivity contribution in [2.45, 2.75) is 46.1 Å². The van der Waals surface area contributed by atoms with Crippen molar-refractivity contribution in [1.82, 2.24) is 19.8 Å². The SMILES string of the molecule is Cc1cc(CCN2CC(Cn3nc(C(C)(C)C)ccc3=O)C2)on1. The summed E-state index contributed by atoms with van der Waals surface area (Å²) in [4.78, 5) is 14.4. The molecule has 2 aromatic rings. The van der Waals surface area contributed by atoms with Crippen molar-refractivity contribution in [2.24, 2.45) is 5.92 Å². The molecule has 0 spiro atoms. The van der Waals surface area contributed by atoms with E-state index in [-0.39, 0.29) is 11.0 Å². The average molecular weight is 330 g/mol. The fraction of sp³-hybridized carbons (Fsp3) is 0.611. The third-order valence-electron chi connectivity index (χ3n) is 4.45. The molecule has 24 heavy (non-hydrogen) atoms. The summed E-state index contributed by atoms with van der Waals surface area (Å²) in [6.45, 7) is 11.9. The Morgan fingerprint density at radius 1 is 1.29 bits per heavy atom. The Morgan fingerprint density at radius 3 is 2.67 bits per heavy atom. The minimum Gasteiger partial charge on any atom is -0.361 e. The molecule has 1 aliphatic heterocycles. The summed E-state index contributed by atoms with van der Waals surface area (Å²) >= 11 is 0. The fourth-order valence-corrected chi connectivity index (χ4v) is 3.00. The first-order valence-corrected chi connectivity index (χ1v) is 8.54. The summed E-state index contributed by atoms with van der Waals surface area (Å²) < 4.78 is 6.86. The molecule has 0 amide bonds. The van der Waals surface area contributed by atoms with Crippen LogP contribution >= 0.6 is 0 Å². The highest BCUT2D eigenvalue weighted by Crippen LogP contribution is 2.20. The third kappa shape index (κ3) is 3.93. The van der Waals surface area contributed by atoms with Crippen molar-refractivity contribution in [3.63, 3.8) is 0 Å². The number of aryl methyl sites for hydroxylation is 1. The minimum absolute atomic E-state index is 0.0152. The summed E-state index contributed by atoms with van der Waals surface area (Å²) in [6, 6.07) is 5.46. The van der Waals surface area contributed by atoms with Gasteiger partial charge in [0.25, 0.3) is 5.56 Å². The Kier molecular flexibility index (Phi) is 4.58. The lowest BCUT2D eigenvalue weighted by atomic mass is 9.92. The molecule has 1 saturated heterocycles. The van der Waals surface area contributed by atoms with Crippen LogP contribution in [0.15, 0.2) is 27.5 Å². The van der Waals surface area contributed by atoms with Crippen LogP contribution in [0.1, 0.15) is 37.9 Å². The topological polar surface area (TPSA) is 64.2 Å². The maximum Gasteiger partial charge on any atom is 0.266 e. The molecule has 130 valence electrons. The fourth-order valence-electron chi connectivity index (χ4n) is 3.00. The van der Waals surface area contributed by atoms with Gasteiger partial charge in [-0.05, 0) is 13.0 Å². The number of hydrogen-bond acceptors (Lipinski definition) is 5. The first kappa shape index (κ1) is 16.9. The van der Waals surface area contributed by atoms with E-state index in [4.69, 9.17) is 4.52 Å². The Labute approximate surface area is 142 Å². The van der Waals surface area contributed by atoms with Crippen molar-refractivity contribution >= 4 is 0 Å². The normalized spacial score (nSPS) is 16.3. The van der Waals surface area contributed by atoms with Gasteiger partial charge in [0.1, 0.15) is 5.76 Å². The minimum atomic E-state index is -0.0453. The second-order valence-electron chi connectivity index (χ2n) is 7.80. The van der Waals surface area contributed by atoms with Crippen molar-refractivity contribution in [3.05, 3.63) is 45.7 Å². The molecule has 0 unspecified atom stereocenters. The smallest absolute Gasteiger partial charge is 0.266 e. The number of likely N-dealkylation sites (tertiary alicyclic amines) is 1. The van der Waals surface area contributed by atoms with Gasteiger partial charge in [-0.15, -0.1) is 0 Å². The average Bonchev–Trinajstić information content (AvgIpc) is 2.87. The van der Waals surface area contributed by atoms with Gasteiger partial charge in [0.15, 0.2) is 0 Å². The molecule has 1 aliphatic rings. The van der Waals surface area contributed by atoms with E-state index in [1.54, 1.807) is 10.7 Å². The number of aromatic nitrogens is 3. The molecular weight excluding hydrogens is 304 g/mol. The van der Waals surface area contributed by atoms with E-state index in [9.17, 15) is 4.79 Å². The van der Waals surface area contributed by atoms with Crippen molar-refractivity contribution in [1.29, 1.82) is 0 Å². The molecule has 6 heteroatoms. The van der Waals surface area contributed by atoms with Crippen molar-refractivity contribution in [2.75, 3.05) is 19.6 Å². The highest BCUT2D eigenvalue weighted by atomic mass is 16.5. The van der Waals surface area contributed by atoms with E-state index in [1.165, 1.54) is 0 Å². The number of rotatable bonds is 5. The van der Waals surface area contributed by atoms with Crippen LogP contribution in [0, 0.1) is 12.8 Å². The molecule has 3 rings (SSSR count). The van der Waals surface area contributed by atoms with Crippen molar-refractivity contribution in [3.8, 4) is 0 Å². The maximum atomic E-state index is 12.0. The highest BCUT2D eigenvalue weighted by Gasteiger charge is 2.28.